The van der Waals surface area contributed by atoms with Gasteiger partial charge >= 0.3 is 0 Å². The Hall–Kier alpha value is -3.14. The molecule has 0 fully saturated rings. The van der Waals surface area contributed by atoms with Crippen LogP contribution in [0, 0.1) is 0 Å². The average Bonchev–Trinajstić information content (AvgIpc) is 2.96. The van der Waals surface area contributed by atoms with Gasteiger partial charge in [-0.25, -0.2) is 0 Å². The predicted octanol–water partition coefficient (Wildman–Crippen LogP) is 3.84. The smallest absolute Gasteiger partial charge is 0.284 e. The number of para-hydroxylation sites is 2. The summed E-state index contributed by atoms with van der Waals surface area (Å²) in [4.78, 5) is 19.1. The topological polar surface area (TPSA) is 58.9 Å². The van der Waals surface area contributed by atoms with Crippen LogP contribution in [-0.2, 0) is 0 Å². The van der Waals surface area contributed by atoms with Crippen molar-refractivity contribution in [2.75, 3.05) is 0 Å². The summed E-state index contributed by atoms with van der Waals surface area (Å²) in [5, 5.41) is 1.61. The van der Waals surface area contributed by atoms with Crippen LogP contribution >= 0.6 is 0 Å². The summed E-state index contributed by atoms with van der Waals surface area (Å²) in [6.07, 6.45) is 5.52. The maximum atomic E-state index is 12.0. The van der Waals surface area contributed by atoms with Crippen molar-refractivity contribution >= 4 is 34.0 Å². The number of benzene rings is 2. The largest absolute Gasteiger partial charge is 0.438 e. The van der Waals surface area contributed by atoms with E-state index in [0.29, 0.717) is 16.9 Å². The minimum Gasteiger partial charge on any atom is -0.438 e. The molecule has 0 bridgehead atoms. The van der Waals surface area contributed by atoms with Crippen molar-refractivity contribution in [3.8, 4) is 0 Å². The molecule has 0 amide bonds. The van der Waals surface area contributed by atoms with Crippen molar-refractivity contribution in [2.24, 2.45) is 0 Å². The van der Waals surface area contributed by atoms with Crippen LogP contribution < -0.4 is 5.56 Å². The third kappa shape index (κ3) is 2.11. The second kappa shape index (κ2) is 5.00. The van der Waals surface area contributed by atoms with Crippen LogP contribution in [0.5, 0.6) is 0 Å². The Morgan fingerprint density at radius 3 is 2.64 bits per heavy atom. The molecule has 2 heterocycles. The van der Waals surface area contributed by atoms with Crippen LogP contribution in [0.1, 0.15) is 11.5 Å². The third-order valence-electron chi connectivity index (χ3n) is 3.57. The number of nitrogens with one attached hydrogen (secondary N) is 1. The van der Waals surface area contributed by atoms with E-state index in [9.17, 15) is 4.79 Å². The number of aromatic nitrogens is 2. The van der Waals surface area contributed by atoms with Crippen molar-refractivity contribution < 1.29 is 4.42 Å². The molecule has 2 aromatic heterocycles. The lowest BCUT2D eigenvalue weighted by Gasteiger charge is -1.97. The Bertz CT molecular complexity index is 1060. The normalized spacial score (nSPS) is 11.6. The maximum Gasteiger partial charge on any atom is 0.284 e. The highest BCUT2D eigenvalue weighted by Crippen LogP contribution is 2.20. The molecule has 1 N–H and O–H groups in total. The predicted molar refractivity (Wildman–Crippen MR) is 87.5 cm³/mol. The first-order valence-corrected chi connectivity index (χ1v) is 6.95. The van der Waals surface area contributed by atoms with Crippen LogP contribution in [0.4, 0.5) is 0 Å². The van der Waals surface area contributed by atoms with Crippen LogP contribution in [0.3, 0.4) is 0 Å². The van der Waals surface area contributed by atoms with Crippen molar-refractivity contribution in [3.63, 3.8) is 0 Å². The molecule has 4 rings (SSSR count). The summed E-state index contributed by atoms with van der Waals surface area (Å²) >= 11 is 0. The molecule has 0 saturated carbocycles. The molecule has 106 valence electrons. The van der Waals surface area contributed by atoms with E-state index in [4.69, 9.17) is 4.42 Å². The van der Waals surface area contributed by atoms with Gasteiger partial charge in [-0.1, -0.05) is 30.3 Å². The molecular weight excluding hydrogens is 276 g/mol. The summed E-state index contributed by atoms with van der Waals surface area (Å²) < 4.78 is 5.64. The van der Waals surface area contributed by atoms with E-state index >= 15 is 0 Å². The van der Waals surface area contributed by atoms with Gasteiger partial charge in [0.1, 0.15) is 5.58 Å². The zero-order valence-electron chi connectivity index (χ0n) is 11.6. The molecule has 4 aromatic rings. The van der Waals surface area contributed by atoms with Gasteiger partial charge in [0.15, 0.2) is 0 Å². The summed E-state index contributed by atoms with van der Waals surface area (Å²) in [5.41, 5.74) is 2.35. The third-order valence-corrected chi connectivity index (χ3v) is 3.57. The van der Waals surface area contributed by atoms with Crippen molar-refractivity contribution in [2.45, 2.75) is 0 Å². The Balaban J connectivity index is 1.78. The Kier molecular flexibility index (Phi) is 2.86. The minimum atomic E-state index is -0.277. The van der Waals surface area contributed by atoms with Crippen molar-refractivity contribution in [3.05, 3.63) is 76.5 Å². The van der Waals surface area contributed by atoms with Gasteiger partial charge in [-0.3, -0.25) is 4.79 Å². The number of hydrogen-bond donors (Lipinski definition) is 1. The van der Waals surface area contributed by atoms with E-state index < -0.39 is 0 Å². The molecule has 22 heavy (non-hydrogen) atoms. The SMILES string of the molecule is O=c1nc(C=Cc2c[nH]c3ccccc23)oc2ccccc12. The van der Waals surface area contributed by atoms with Gasteiger partial charge in [0.25, 0.3) is 5.56 Å². The van der Waals surface area contributed by atoms with E-state index in [1.165, 1.54) is 0 Å². The number of rotatable bonds is 2. The summed E-state index contributed by atoms with van der Waals surface area (Å²) in [7, 11) is 0. The molecule has 0 saturated heterocycles. The molecule has 0 spiro atoms. The van der Waals surface area contributed by atoms with Crippen LogP contribution in [0.2, 0.25) is 0 Å². The average molecular weight is 288 g/mol. The fourth-order valence-corrected chi connectivity index (χ4v) is 2.49. The first-order chi connectivity index (χ1) is 10.8. The zero-order valence-corrected chi connectivity index (χ0v) is 11.6. The molecule has 4 heteroatoms. The molecule has 0 aliphatic carbocycles. The second-order valence-corrected chi connectivity index (χ2v) is 4.98. The van der Waals surface area contributed by atoms with Gasteiger partial charge in [0.05, 0.1) is 5.39 Å². The Morgan fingerprint density at radius 1 is 0.955 bits per heavy atom. The van der Waals surface area contributed by atoms with Gasteiger partial charge in [0.2, 0.25) is 5.89 Å². The van der Waals surface area contributed by atoms with E-state index in [1.54, 1.807) is 24.3 Å². The van der Waals surface area contributed by atoms with Gasteiger partial charge in [-0.05, 0) is 29.8 Å². The summed E-state index contributed by atoms with van der Waals surface area (Å²) in [5.74, 6) is 0.300. The quantitative estimate of drug-likeness (QED) is 0.609. The van der Waals surface area contributed by atoms with E-state index in [0.717, 1.165) is 16.5 Å². The second-order valence-electron chi connectivity index (χ2n) is 4.98. The fourth-order valence-electron chi connectivity index (χ4n) is 2.49. The standard InChI is InChI=1S/C18H12N2O2/c21-18-14-6-2-4-8-16(14)22-17(20-18)10-9-12-11-19-15-7-3-1-5-13(12)15/h1-11,19H. The van der Waals surface area contributed by atoms with E-state index in [-0.39, 0.29) is 5.56 Å². The highest BCUT2D eigenvalue weighted by Gasteiger charge is 2.04. The number of hydrogen-bond acceptors (Lipinski definition) is 3. The molecular formula is C18H12N2O2. The summed E-state index contributed by atoms with van der Waals surface area (Å²) in [6.45, 7) is 0. The highest BCUT2D eigenvalue weighted by atomic mass is 16.3. The molecule has 2 aromatic carbocycles. The zero-order chi connectivity index (χ0) is 14.9. The first-order valence-electron chi connectivity index (χ1n) is 6.95. The van der Waals surface area contributed by atoms with E-state index in [2.05, 4.69) is 9.97 Å². The maximum absolute atomic E-state index is 12.0. The fraction of sp³-hybridized carbons (Fsp3) is 0. The van der Waals surface area contributed by atoms with Gasteiger partial charge in [-0.15, -0.1) is 0 Å². The minimum absolute atomic E-state index is 0.277. The lowest BCUT2D eigenvalue weighted by molar-refractivity contribution is 0.563. The lowest BCUT2D eigenvalue weighted by atomic mass is 10.1. The molecule has 0 atom stereocenters. The molecule has 4 nitrogen and oxygen atoms in total. The van der Waals surface area contributed by atoms with Crippen LogP contribution in [0.15, 0.2) is 63.9 Å². The number of H-pyrrole nitrogens is 1. The monoisotopic (exact) mass is 288 g/mol. The number of aromatic amines is 1. The summed E-state index contributed by atoms with van der Waals surface area (Å²) in [6, 6.07) is 15.1. The first kappa shape index (κ1) is 12.6. The molecule has 0 radical (unpaired) electrons. The van der Waals surface area contributed by atoms with E-state index in [1.807, 2.05) is 42.6 Å². The van der Waals surface area contributed by atoms with Crippen molar-refractivity contribution in [1.82, 2.24) is 9.97 Å². The molecule has 0 aliphatic rings. The van der Waals surface area contributed by atoms with Gasteiger partial charge in [-0.2, -0.15) is 4.98 Å². The lowest BCUT2D eigenvalue weighted by Crippen LogP contribution is -2.06. The van der Waals surface area contributed by atoms with Gasteiger partial charge in [0, 0.05) is 23.2 Å². The van der Waals surface area contributed by atoms with Crippen LogP contribution in [0.25, 0.3) is 34.0 Å². The molecule has 0 aliphatic heterocycles. The number of fused-ring (bicyclic) bond motifs is 2. The number of nitrogens with zero attached hydrogens (tertiary/aromatic N) is 1. The van der Waals surface area contributed by atoms with Crippen molar-refractivity contribution in [1.29, 1.82) is 0 Å². The highest BCUT2D eigenvalue weighted by molar-refractivity contribution is 5.91. The van der Waals surface area contributed by atoms with Gasteiger partial charge < -0.3 is 9.40 Å². The molecule has 0 unspecified atom stereocenters. The van der Waals surface area contributed by atoms with Crippen LogP contribution in [-0.4, -0.2) is 9.97 Å². The Labute approximate surface area is 125 Å². The Morgan fingerprint density at radius 2 is 1.73 bits per heavy atom.